The maximum atomic E-state index is 11.9. The van der Waals surface area contributed by atoms with Crippen molar-refractivity contribution in [2.75, 3.05) is 11.1 Å². The lowest BCUT2D eigenvalue weighted by Gasteiger charge is -2.03. The zero-order valence-corrected chi connectivity index (χ0v) is 14.5. The van der Waals surface area contributed by atoms with E-state index in [1.54, 1.807) is 6.08 Å². The van der Waals surface area contributed by atoms with Gasteiger partial charge in [0.15, 0.2) is 0 Å². The third-order valence-corrected chi connectivity index (χ3v) is 4.12. The Kier molecular flexibility index (Phi) is 5.69. The van der Waals surface area contributed by atoms with Gasteiger partial charge >= 0.3 is 0 Å². The molecular weight excluding hydrogens is 336 g/mol. The van der Waals surface area contributed by atoms with Crippen LogP contribution in [0.3, 0.4) is 0 Å². The number of nitrogens with one attached hydrogen (secondary N) is 2. The van der Waals surface area contributed by atoms with Crippen LogP contribution in [-0.4, -0.2) is 26.8 Å². The van der Waals surface area contributed by atoms with Crippen LogP contribution >= 0.6 is 11.8 Å². The summed E-state index contributed by atoms with van der Waals surface area (Å²) in [6, 6.07) is 13.2. The van der Waals surface area contributed by atoms with Crippen LogP contribution in [-0.2, 0) is 4.79 Å². The van der Waals surface area contributed by atoms with Crippen molar-refractivity contribution in [2.45, 2.75) is 18.5 Å². The molecule has 0 saturated carbocycles. The Balaban J connectivity index is 1.44. The van der Waals surface area contributed by atoms with Gasteiger partial charge in [-0.1, -0.05) is 30.0 Å². The van der Waals surface area contributed by atoms with Gasteiger partial charge in [-0.15, -0.1) is 5.10 Å². The Labute approximate surface area is 149 Å². The number of H-pyrrole nitrogens is 1. The molecule has 25 heavy (non-hydrogen) atoms. The Morgan fingerprint density at radius 2 is 2.08 bits per heavy atom. The van der Waals surface area contributed by atoms with Gasteiger partial charge in [-0.05, 0) is 43.3 Å². The van der Waals surface area contributed by atoms with E-state index in [-0.39, 0.29) is 5.91 Å². The molecule has 1 amide bonds. The fourth-order valence-corrected chi connectivity index (χ4v) is 2.82. The van der Waals surface area contributed by atoms with E-state index >= 15 is 0 Å². The number of carbonyl (C=O) groups is 1. The summed E-state index contributed by atoms with van der Waals surface area (Å²) in [5.74, 6) is 2.85. The second kappa shape index (κ2) is 8.34. The molecule has 2 aromatic heterocycles. The minimum atomic E-state index is -0.0254. The molecular formula is C18H18N4O2S. The summed E-state index contributed by atoms with van der Waals surface area (Å²) >= 11 is 1.43. The third-order valence-electron chi connectivity index (χ3n) is 3.27. The van der Waals surface area contributed by atoms with Crippen LogP contribution in [0.25, 0.3) is 12.2 Å². The number of nitrogens with zero attached hydrogens (tertiary/aromatic N) is 2. The number of anilines is 1. The van der Waals surface area contributed by atoms with E-state index in [1.165, 1.54) is 11.8 Å². The maximum Gasteiger partial charge on any atom is 0.225 e. The van der Waals surface area contributed by atoms with Gasteiger partial charge in [-0.3, -0.25) is 9.89 Å². The van der Waals surface area contributed by atoms with Crippen molar-refractivity contribution in [2.24, 2.45) is 0 Å². The SMILES string of the molecule is Cc1ccc(/C=C/c2nc(SCCC(=O)Nc3ccccc3)n[nH]2)o1. The molecule has 0 saturated heterocycles. The van der Waals surface area contributed by atoms with Crippen molar-refractivity contribution >= 4 is 35.5 Å². The zero-order chi connectivity index (χ0) is 17.5. The van der Waals surface area contributed by atoms with Gasteiger partial charge in [0.05, 0.1) is 0 Å². The molecule has 0 aliphatic rings. The number of hydrogen-bond acceptors (Lipinski definition) is 5. The summed E-state index contributed by atoms with van der Waals surface area (Å²) in [4.78, 5) is 16.2. The second-order valence-electron chi connectivity index (χ2n) is 5.30. The van der Waals surface area contributed by atoms with Crippen LogP contribution < -0.4 is 5.32 Å². The average molecular weight is 354 g/mol. The Hall–Kier alpha value is -2.80. The number of thioether (sulfide) groups is 1. The van der Waals surface area contributed by atoms with Gasteiger partial charge in [0.25, 0.3) is 0 Å². The number of aromatic nitrogens is 3. The van der Waals surface area contributed by atoms with Gasteiger partial charge < -0.3 is 9.73 Å². The Bertz CT molecular complexity index is 855. The molecule has 0 spiro atoms. The molecule has 0 radical (unpaired) electrons. The minimum absolute atomic E-state index is 0.0254. The summed E-state index contributed by atoms with van der Waals surface area (Å²) in [7, 11) is 0. The third kappa shape index (κ3) is 5.36. The van der Waals surface area contributed by atoms with E-state index in [1.807, 2.05) is 55.5 Å². The van der Waals surface area contributed by atoms with Crippen LogP contribution in [0.4, 0.5) is 5.69 Å². The fourth-order valence-electron chi connectivity index (χ4n) is 2.08. The first kappa shape index (κ1) is 17.0. The molecule has 128 valence electrons. The van der Waals surface area contributed by atoms with Crippen LogP contribution in [0.2, 0.25) is 0 Å². The van der Waals surface area contributed by atoms with E-state index in [0.29, 0.717) is 23.2 Å². The first-order valence-corrected chi connectivity index (χ1v) is 8.82. The zero-order valence-electron chi connectivity index (χ0n) is 13.7. The van der Waals surface area contributed by atoms with E-state index < -0.39 is 0 Å². The molecule has 0 atom stereocenters. The lowest BCUT2D eigenvalue weighted by Crippen LogP contribution is -2.11. The van der Waals surface area contributed by atoms with Gasteiger partial charge in [0.1, 0.15) is 17.3 Å². The van der Waals surface area contributed by atoms with Crippen LogP contribution in [0.5, 0.6) is 0 Å². The smallest absolute Gasteiger partial charge is 0.225 e. The minimum Gasteiger partial charge on any atom is -0.462 e. The van der Waals surface area contributed by atoms with Crippen molar-refractivity contribution in [3.63, 3.8) is 0 Å². The number of amides is 1. The van der Waals surface area contributed by atoms with Crippen molar-refractivity contribution in [1.29, 1.82) is 0 Å². The number of rotatable bonds is 7. The molecule has 0 aliphatic carbocycles. The van der Waals surface area contributed by atoms with Crippen molar-refractivity contribution in [3.05, 3.63) is 59.8 Å². The summed E-state index contributed by atoms with van der Waals surface area (Å²) < 4.78 is 5.45. The highest BCUT2D eigenvalue weighted by atomic mass is 32.2. The largest absolute Gasteiger partial charge is 0.462 e. The second-order valence-corrected chi connectivity index (χ2v) is 6.36. The number of aryl methyl sites for hydroxylation is 1. The van der Waals surface area contributed by atoms with E-state index in [2.05, 4.69) is 20.5 Å². The summed E-state index contributed by atoms with van der Waals surface area (Å²) in [6.07, 6.45) is 4.03. The van der Waals surface area contributed by atoms with E-state index in [9.17, 15) is 4.79 Å². The standard InChI is InChI=1S/C18H18N4O2S/c1-13-7-8-15(24-13)9-10-16-20-18(22-21-16)25-12-11-17(23)19-14-5-3-2-4-6-14/h2-10H,11-12H2,1H3,(H,19,23)(H,20,21,22)/b10-9+. The monoisotopic (exact) mass is 354 g/mol. The number of hydrogen-bond donors (Lipinski definition) is 2. The molecule has 2 N–H and O–H groups in total. The molecule has 0 unspecified atom stereocenters. The Morgan fingerprint density at radius 1 is 1.24 bits per heavy atom. The summed E-state index contributed by atoms with van der Waals surface area (Å²) in [6.45, 7) is 1.90. The van der Waals surface area contributed by atoms with Crippen LogP contribution in [0.1, 0.15) is 23.8 Å². The highest BCUT2D eigenvalue weighted by molar-refractivity contribution is 7.99. The van der Waals surface area contributed by atoms with Crippen molar-refractivity contribution in [1.82, 2.24) is 15.2 Å². The molecule has 3 rings (SSSR count). The normalized spacial score (nSPS) is 11.1. The molecule has 0 bridgehead atoms. The van der Waals surface area contributed by atoms with Crippen LogP contribution in [0, 0.1) is 6.92 Å². The molecule has 0 aliphatic heterocycles. The first-order valence-electron chi connectivity index (χ1n) is 7.84. The molecule has 1 aromatic carbocycles. The molecule has 7 heteroatoms. The highest BCUT2D eigenvalue weighted by Gasteiger charge is 2.06. The topological polar surface area (TPSA) is 83.8 Å². The van der Waals surface area contributed by atoms with E-state index in [4.69, 9.17) is 4.42 Å². The summed E-state index contributed by atoms with van der Waals surface area (Å²) in [5.41, 5.74) is 0.802. The highest BCUT2D eigenvalue weighted by Crippen LogP contribution is 2.16. The molecule has 3 aromatic rings. The molecule has 2 heterocycles. The number of carbonyl (C=O) groups excluding carboxylic acids is 1. The first-order chi connectivity index (χ1) is 12.2. The van der Waals surface area contributed by atoms with Gasteiger partial charge in [-0.25, -0.2) is 4.98 Å². The Morgan fingerprint density at radius 3 is 2.84 bits per heavy atom. The van der Waals surface area contributed by atoms with Gasteiger partial charge in [0.2, 0.25) is 11.1 Å². The fraction of sp³-hybridized carbons (Fsp3) is 0.167. The number of aromatic amines is 1. The number of furan rings is 1. The number of para-hydroxylation sites is 1. The molecule has 6 nitrogen and oxygen atoms in total. The quantitative estimate of drug-likeness (QED) is 0.627. The van der Waals surface area contributed by atoms with Gasteiger partial charge in [0, 0.05) is 17.9 Å². The van der Waals surface area contributed by atoms with Crippen molar-refractivity contribution in [3.8, 4) is 0 Å². The average Bonchev–Trinajstić information content (AvgIpc) is 3.23. The summed E-state index contributed by atoms with van der Waals surface area (Å²) in [5, 5.41) is 10.4. The van der Waals surface area contributed by atoms with Gasteiger partial charge in [-0.2, -0.15) is 0 Å². The predicted octanol–water partition coefficient (Wildman–Crippen LogP) is 4.00. The van der Waals surface area contributed by atoms with Crippen molar-refractivity contribution < 1.29 is 9.21 Å². The van der Waals surface area contributed by atoms with Crippen LogP contribution in [0.15, 0.2) is 52.0 Å². The lowest BCUT2D eigenvalue weighted by molar-refractivity contribution is -0.115. The maximum absolute atomic E-state index is 11.9. The predicted molar refractivity (Wildman–Crippen MR) is 99.2 cm³/mol. The van der Waals surface area contributed by atoms with E-state index in [0.717, 1.165) is 17.2 Å². The lowest BCUT2D eigenvalue weighted by atomic mass is 10.3. The molecule has 0 fully saturated rings. The number of benzene rings is 1.